The van der Waals surface area contributed by atoms with Crippen molar-refractivity contribution >= 4 is 23.4 Å². The molecule has 0 bridgehead atoms. The van der Waals surface area contributed by atoms with Gasteiger partial charge in [0, 0.05) is 25.2 Å². The van der Waals surface area contributed by atoms with Crippen molar-refractivity contribution in [3.05, 3.63) is 23.8 Å². The molecule has 2 saturated carbocycles. The third-order valence-corrected chi connectivity index (χ3v) is 7.95. The molecule has 0 unspecified atom stereocenters. The summed E-state index contributed by atoms with van der Waals surface area (Å²) in [4.78, 5) is 39.8. The lowest BCUT2D eigenvalue weighted by Gasteiger charge is -2.42. The van der Waals surface area contributed by atoms with E-state index in [2.05, 4.69) is 10.6 Å². The summed E-state index contributed by atoms with van der Waals surface area (Å²) in [5.41, 5.74) is 1.06. The minimum absolute atomic E-state index is 0.00656. The van der Waals surface area contributed by atoms with E-state index in [1.54, 1.807) is 30.1 Å². The highest BCUT2D eigenvalue weighted by Crippen LogP contribution is 2.34. The molecular formula is C27H37N3O5. The minimum atomic E-state index is -0.295. The number of benzene rings is 1. The Morgan fingerprint density at radius 3 is 2.63 bits per heavy atom. The van der Waals surface area contributed by atoms with E-state index in [4.69, 9.17) is 9.47 Å². The van der Waals surface area contributed by atoms with Gasteiger partial charge < -0.3 is 25.0 Å². The summed E-state index contributed by atoms with van der Waals surface area (Å²) in [6.07, 6.45) is 9.45. The summed E-state index contributed by atoms with van der Waals surface area (Å²) < 4.78 is 12.3. The number of hydrogen-bond donors (Lipinski definition) is 2. The first-order valence-corrected chi connectivity index (χ1v) is 13.2. The number of likely N-dealkylation sites (N-methyl/N-ethyl adjacent to an activating group) is 1. The van der Waals surface area contributed by atoms with Gasteiger partial charge in [-0.15, -0.1) is 0 Å². The maximum atomic E-state index is 13.3. The van der Waals surface area contributed by atoms with Gasteiger partial charge in [0.15, 0.2) is 0 Å². The second-order valence-electron chi connectivity index (χ2n) is 10.7. The number of fused-ring (bicyclic) bond motifs is 2. The molecule has 4 aliphatic rings. The molecule has 2 heterocycles. The Kier molecular flexibility index (Phi) is 7.27. The molecule has 3 atom stereocenters. The van der Waals surface area contributed by atoms with Crippen molar-refractivity contribution in [2.75, 3.05) is 25.5 Å². The second-order valence-corrected chi connectivity index (χ2v) is 10.7. The van der Waals surface area contributed by atoms with Gasteiger partial charge in [0.1, 0.15) is 18.5 Å². The summed E-state index contributed by atoms with van der Waals surface area (Å²) in [6, 6.07) is 5.09. The van der Waals surface area contributed by atoms with E-state index in [1.165, 1.54) is 32.1 Å². The first-order valence-electron chi connectivity index (χ1n) is 13.2. The Hall–Kier alpha value is -2.61. The Bertz CT molecular complexity index is 956. The first-order chi connectivity index (χ1) is 17.0. The fraction of sp³-hybridized carbons (Fsp3) is 0.667. The molecule has 190 valence electrons. The van der Waals surface area contributed by atoms with Crippen LogP contribution in [0.5, 0.6) is 5.75 Å². The monoisotopic (exact) mass is 483 g/mol. The van der Waals surface area contributed by atoms with E-state index < -0.39 is 0 Å². The minimum Gasteiger partial charge on any atom is -0.490 e. The number of nitrogens with one attached hydrogen (secondary N) is 2. The van der Waals surface area contributed by atoms with Crippen LogP contribution in [-0.4, -0.2) is 61.1 Å². The molecule has 35 heavy (non-hydrogen) atoms. The van der Waals surface area contributed by atoms with Crippen molar-refractivity contribution in [2.45, 2.75) is 82.5 Å². The third kappa shape index (κ3) is 5.80. The zero-order valence-electron chi connectivity index (χ0n) is 20.6. The number of carbonyl (C=O) groups is 3. The molecule has 3 amide bonds. The fourth-order valence-corrected chi connectivity index (χ4v) is 5.62. The summed E-state index contributed by atoms with van der Waals surface area (Å²) in [6.45, 7) is 1.07. The lowest BCUT2D eigenvalue weighted by atomic mass is 9.89. The van der Waals surface area contributed by atoms with Gasteiger partial charge in [-0.3, -0.25) is 14.4 Å². The zero-order valence-corrected chi connectivity index (χ0v) is 20.6. The van der Waals surface area contributed by atoms with Gasteiger partial charge in [-0.25, -0.2) is 0 Å². The van der Waals surface area contributed by atoms with Crippen LogP contribution < -0.4 is 15.4 Å². The molecule has 8 heteroatoms. The van der Waals surface area contributed by atoms with Crippen LogP contribution in [0.2, 0.25) is 0 Å². The van der Waals surface area contributed by atoms with Gasteiger partial charge in [0.2, 0.25) is 11.8 Å². The molecule has 0 aromatic heterocycles. The average molecular weight is 484 g/mol. The number of nitrogens with zero attached hydrogens (tertiary/aromatic N) is 1. The van der Waals surface area contributed by atoms with Crippen LogP contribution in [0.4, 0.5) is 5.69 Å². The van der Waals surface area contributed by atoms with Crippen molar-refractivity contribution in [1.82, 2.24) is 10.2 Å². The van der Waals surface area contributed by atoms with Crippen LogP contribution in [0.15, 0.2) is 18.2 Å². The smallest absolute Gasteiger partial charge is 0.257 e. The number of carbonyl (C=O) groups excluding carboxylic acids is 3. The molecule has 0 radical (unpaired) electrons. The average Bonchev–Trinajstić information content (AvgIpc) is 3.72. The number of amides is 3. The number of anilines is 1. The van der Waals surface area contributed by atoms with Crippen molar-refractivity contribution in [3.8, 4) is 5.75 Å². The molecule has 5 rings (SSSR count). The van der Waals surface area contributed by atoms with Gasteiger partial charge in [-0.05, 0) is 62.6 Å². The molecule has 3 fully saturated rings. The topological polar surface area (TPSA) is 97.0 Å². The molecule has 1 aromatic rings. The maximum Gasteiger partial charge on any atom is 0.257 e. The highest BCUT2D eigenvalue weighted by Gasteiger charge is 2.39. The van der Waals surface area contributed by atoms with E-state index in [0.29, 0.717) is 35.9 Å². The summed E-state index contributed by atoms with van der Waals surface area (Å²) in [5, 5.41) is 6.02. The Balaban J connectivity index is 1.19. The van der Waals surface area contributed by atoms with E-state index in [1.807, 2.05) is 0 Å². The molecular weight excluding hydrogens is 446 g/mol. The predicted octanol–water partition coefficient (Wildman–Crippen LogP) is 3.50. The summed E-state index contributed by atoms with van der Waals surface area (Å²) in [7, 11) is 1.80. The van der Waals surface area contributed by atoms with Crippen molar-refractivity contribution in [3.63, 3.8) is 0 Å². The van der Waals surface area contributed by atoms with Gasteiger partial charge >= 0.3 is 0 Å². The molecule has 1 aromatic carbocycles. The van der Waals surface area contributed by atoms with Gasteiger partial charge in [-0.1, -0.05) is 19.3 Å². The Morgan fingerprint density at radius 1 is 1.06 bits per heavy atom. The normalized spacial score (nSPS) is 27.1. The zero-order chi connectivity index (χ0) is 24.4. The second kappa shape index (κ2) is 10.6. The first kappa shape index (κ1) is 24.1. The van der Waals surface area contributed by atoms with Crippen LogP contribution in [0, 0.1) is 11.8 Å². The molecule has 0 spiro atoms. The fourth-order valence-electron chi connectivity index (χ4n) is 5.62. The SMILES string of the molecule is CN1C(=O)c2cc(NC(=O)C3CC3)ccc2OC[C@@H]2O[C@@H](CC(=O)NCC3CCCCC3)CC[C@@H]21. The van der Waals surface area contributed by atoms with Crippen LogP contribution in [0.25, 0.3) is 0 Å². The van der Waals surface area contributed by atoms with E-state index in [9.17, 15) is 14.4 Å². The maximum absolute atomic E-state index is 13.3. The highest BCUT2D eigenvalue weighted by molar-refractivity contribution is 6.00. The van der Waals surface area contributed by atoms with E-state index in [0.717, 1.165) is 32.2 Å². The summed E-state index contributed by atoms with van der Waals surface area (Å²) >= 11 is 0. The third-order valence-electron chi connectivity index (χ3n) is 7.95. The van der Waals surface area contributed by atoms with Crippen molar-refractivity contribution in [1.29, 1.82) is 0 Å². The lowest BCUT2D eigenvalue weighted by molar-refractivity contribution is -0.134. The quantitative estimate of drug-likeness (QED) is 0.646. The van der Waals surface area contributed by atoms with Crippen molar-refractivity contribution in [2.24, 2.45) is 11.8 Å². The van der Waals surface area contributed by atoms with E-state index >= 15 is 0 Å². The lowest BCUT2D eigenvalue weighted by Crippen LogP contribution is -2.54. The standard InChI is InChI=1S/C27H37N3O5/c1-30-22-11-10-20(14-25(31)28-15-17-5-3-2-4-6-17)35-24(22)16-34-23-12-9-19(13-21(23)27(30)33)29-26(32)18-7-8-18/h9,12-13,17-18,20,22,24H,2-8,10-11,14-16H2,1H3,(H,28,31)(H,29,32)/t20-,22+,24+/m1/s1. The molecule has 2 aliphatic carbocycles. The van der Waals surface area contributed by atoms with Crippen LogP contribution in [0.3, 0.4) is 0 Å². The van der Waals surface area contributed by atoms with Crippen LogP contribution >= 0.6 is 0 Å². The number of hydrogen-bond acceptors (Lipinski definition) is 5. The largest absolute Gasteiger partial charge is 0.490 e. The number of ether oxygens (including phenoxy) is 2. The van der Waals surface area contributed by atoms with Crippen molar-refractivity contribution < 1.29 is 23.9 Å². The molecule has 1 saturated heterocycles. The van der Waals surface area contributed by atoms with Gasteiger partial charge in [-0.2, -0.15) is 0 Å². The number of rotatable bonds is 6. The van der Waals surface area contributed by atoms with Gasteiger partial charge in [0.25, 0.3) is 5.91 Å². The van der Waals surface area contributed by atoms with Crippen LogP contribution in [0.1, 0.15) is 74.6 Å². The Labute approximate surface area is 207 Å². The predicted molar refractivity (Wildman–Crippen MR) is 131 cm³/mol. The summed E-state index contributed by atoms with van der Waals surface area (Å²) in [5.74, 6) is 1.08. The molecule has 2 aliphatic heterocycles. The van der Waals surface area contributed by atoms with Crippen LogP contribution in [-0.2, 0) is 14.3 Å². The Morgan fingerprint density at radius 2 is 1.86 bits per heavy atom. The highest BCUT2D eigenvalue weighted by atomic mass is 16.5. The van der Waals surface area contributed by atoms with E-state index in [-0.39, 0.29) is 41.9 Å². The molecule has 8 nitrogen and oxygen atoms in total. The molecule has 2 N–H and O–H groups in total. The van der Waals surface area contributed by atoms with Gasteiger partial charge in [0.05, 0.1) is 24.1 Å².